The fraction of sp³-hybridized carbons (Fsp3) is 0.308. The highest BCUT2D eigenvalue weighted by atomic mass is 35.5. The number of carbonyl (C=O) groups excluding carboxylic acids is 3. The number of benzene rings is 1. The van der Waals surface area contributed by atoms with Gasteiger partial charge in [-0.25, -0.2) is 0 Å². The smallest absolute Gasteiger partial charge is 0.249 e. The van der Waals surface area contributed by atoms with Crippen molar-refractivity contribution < 1.29 is 14.4 Å². The molecule has 2 N–H and O–H groups in total. The van der Waals surface area contributed by atoms with Crippen LogP contribution in [0.15, 0.2) is 29.2 Å². The summed E-state index contributed by atoms with van der Waals surface area (Å²) in [7, 11) is 0. The molecule has 1 aromatic carbocycles. The third kappa shape index (κ3) is 4.25. The number of halogens is 1. The second kappa shape index (κ2) is 6.76. The predicted molar refractivity (Wildman–Crippen MR) is 76.5 cm³/mol. The van der Waals surface area contributed by atoms with E-state index in [9.17, 15) is 14.4 Å². The quantitative estimate of drug-likeness (QED) is 0.650. The number of rotatable bonds is 4. The van der Waals surface area contributed by atoms with Crippen molar-refractivity contribution in [3.05, 3.63) is 29.3 Å². The van der Waals surface area contributed by atoms with Gasteiger partial charge >= 0.3 is 0 Å². The molecule has 106 valence electrons. The molecule has 1 aromatic rings. The number of amides is 3. The van der Waals surface area contributed by atoms with Crippen LogP contribution in [0, 0.1) is 0 Å². The molecule has 1 heterocycles. The number of imide groups is 1. The minimum atomic E-state index is -0.619. The Morgan fingerprint density at radius 2 is 2.05 bits per heavy atom. The van der Waals surface area contributed by atoms with Crippen molar-refractivity contribution >= 4 is 41.1 Å². The number of piperidine rings is 1. The molecule has 0 bridgehead atoms. The molecule has 1 aliphatic heterocycles. The molecule has 3 amide bonds. The van der Waals surface area contributed by atoms with Crippen LogP contribution in [0.25, 0.3) is 0 Å². The first-order valence-corrected chi connectivity index (χ1v) is 7.42. The average molecular weight is 313 g/mol. The highest BCUT2D eigenvalue weighted by molar-refractivity contribution is 8.00. The van der Waals surface area contributed by atoms with E-state index in [1.165, 1.54) is 11.8 Å². The molecule has 1 fully saturated rings. The van der Waals surface area contributed by atoms with Gasteiger partial charge in [0.15, 0.2) is 0 Å². The van der Waals surface area contributed by atoms with Crippen LogP contribution in [0.2, 0.25) is 5.02 Å². The van der Waals surface area contributed by atoms with E-state index in [4.69, 9.17) is 11.6 Å². The Bertz CT molecular complexity index is 533. The first-order valence-electron chi connectivity index (χ1n) is 6.06. The molecule has 0 radical (unpaired) electrons. The Morgan fingerprint density at radius 1 is 1.35 bits per heavy atom. The molecule has 1 unspecified atom stereocenters. The van der Waals surface area contributed by atoms with E-state index >= 15 is 0 Å². The molecular formula is C13H13ClN2O3S. The van der Waals surface area contributed by atoms with Crippen LogP contribution < -0.4 is 10.6 Å². The van der Waals surface area contributed by atoms with Gasteiger partial charge in [-0.05, 0) is 30.7 Å². The molecule has 20 heavy (non-hydrogen) atoms. The second-order valence-electron chi connectivity index (χ2n) is 4.31. The lowest BCUT2D eigenvalue weighted by Gasteiger charge is -2.21. The maximum atomic E-state index is 11.8. The first-order chi connectivity index (χ1) is 9.54. The van der Waals surface area contributed by atoms with Crippen LogP contribution in [0.5, 0.6) is 0 Å². The molecule has 0 spiro atoms. The van der Waals surface area contributed by atoms with Gasteiger partial charge in [-0.2, -0.15) is 0 Å². The van der Waals surface area contributed by atoms with Gasteiger partial charge in [-0.1, -0.05) is 11.6 Å². The summed E-state index contributed by atoms with van der Waals surface area (Å²) in [5.74, 6) is -0.763. The van der Waals surface area contributed by atoms with Gasteiger partial charge in [0.05, 0.1) is 5.75 Å². The average Bonchev–Trinajstić information content (AvgIpc) is 2.41. The summed E-state index contributed by atoms with van der Waals surface area (Å²) in [6.07, 6.45) is 0.600. The van der Waals surface area contributed by atoms with Crippen LogP contribution >= 0.6 is 23.4 Å². The molecule has 1 atom stereocenters. The largest absolute Gasteiger partial charge is 0.344 e. The molecule has 0 saturated carbocycles. The second-order valence-corrected chi connectivity index (χ2v) is 5.80. The van der Waals surface area contributed by atoms with Crippen LogP contribution in [-0.2, 0) is 14.4 Å². The molecule has 1 saturated heterocycles. The fourth-order valence-corrected chi connectivity index (χ4v) is 2.58. The summed E-state index contributed by atoms with van der Waals surface area (Å²) in [4.78, 5) is 35.1. The Morgan fingerprint density at radius 3 is 2.70 bits per heavy atom. The van der Waals surface area contributed by atoms with Gasteiger partial charge in [0.25, 0.3) is 0 Å². The van der Waals surface area contributed by atoms with Gasteiger partial charge in [0, 0.05) is 16.3 Å². The maximum absolute atomic E-state index is 11.8. The van der Waals surface area contributed by atoms with E-state index in [2.05, 4.69) is 10.6 Å². The minimum Gasteiger partial charge on any atom is -0.344 e. The van der Waals surface area contributed by atoms with Crippen molar-refractivity contribution in [1.29, 1.82) is 0 Å². The number of nitrogens with one attached hydrogen (secondary N) is 2. The van der Waals surface area contributed by atoms with Gasteiger partial charge < -0.3 is 5.32 Å². The number of thioether (sulfide) groups is 1. The van der Waals surface area contributed by atoms with E-state index in [1.807, 2.05) is 12.1 Å². The molecule has 1 aliphatic rings. The minimum absolute atomic E-state index is 0.208. The highest BCUT2D eigenvalue weighted by Gasteiger charge is 2.27. The lowest BCUT2D eigenvalue weighted by Crippen LogP contribution is -2.52. The van der Waals surface area contributed by atoms with Crippen molar-refractivity contribution in [3.8, 4) is 0 Å². The van der Waals surface area contributed by atoms with Gasteiger partial charge in [-0.3, -0.25) is 19.7 Å². The van der Waals surface area contributed by atoms with Crippen molar-refractivity contribution in [3.63, 3.8) is 0 Å². The van der Waals surface area contributed by atoms with E-state index in [-0.39, 0.29) is 24.0 Å². The number of hydrogen-bond acceptors (Lipinski definition) is 4. The van der Waals surface area contributed by atoms with Crippen LogP contribution in [0.4, 0.5) is 0 Å². The van der Waals surface area contributed by atoms with Gasteiger partial charge in [-0.15, -0.1) is 11.8 Å². The standard InChI is InChI=1S/C13H13ClN2O3S/c14-8-1-3-9(4-2-8)20-7-12(18)15-10-5-6-11(17)16-13(10)19/h1-4,10H,5-7H2,(H,15,18)(H,16,17,19). The molecular weight excluding hydrogens is 300 g/mol. The van der Waals surface area contributed by atoms with Crippen LogP contribution in [0.1, 0.15) is 12.8 Å². The van der Waals surface area contributed by atoms with Gasteiger partial charge in [0.1, 0.15) is 6.04 Å². The summed E-state index contributed by atoms with van der Waals surface area (Å²) in [6, 6.07) is 6.54. The maximum Gasteiger partial charge on any atom is 0.249 e. The lowest BCUT2D eigenvalue weighted by atomic mass is 10.1. The summed E-state index contributed by atoms with van der Waals surface area (Å²) in [5.41, 5.74) is 0. The molecule has 0 aliphatic carbocycles. The number of hydrogen-bond donors (Lipinski definition) is 2. The Hall–Kier alpha value is -1.53. The highest BCUT2D eigenvalue weighted by Crippen LogP contribution is 2.20. The summed E-state index contributed by atoms with van der Waals surface area (Å²) < 4.78 is 0. The molecule has 0 aromatic heterocycles. The Balaban J connectivity index is 1.79. The number of carbonyl (C=O) groups is 3. The van der Waals surface area contributed by atoms with Crippen molar-refractivity contribution in [2.75, 3.05) is 5.75 Å². The van der Waals surface area contributed by atoms with Crippen molar-refractivity contribution in [1.82, 2.24) is 10.6 Å². The van der Waals surface area contributed by atoms with Gasteiger partial charge in [0.2, 0.25) is 17.7 Å². The Labute approximate surface area is 125 Å². The normalized spacial score (nSPS) is 18.6. The van der Waals surface area contributed by atoms with E-state index < -0.39 is 11.9 Å². The van der Waals surface area contributed by atoms with Crippen molar-refractivity contribution in [2.45, 2.75) is 23.8 Å². The van der Waals surface area contributed by atoms with E-state index in [0.29, 0.717) is 11.4 Å². The zero-order valence-corrected chi connectivity index (χ0v) is 12.1. The van der Waals surface area contributed by atoms with Crippen LogP contribution in [0.3, 0.4) is 0 Å². The summed E-state index contributed by atoms with van der Waals surface area (Å²) in [6.45, 7) is 0. The predicted octanol–water partition coefficient (Wildman–Crippen LogP) is 1.35. The first kappa shape index (κ1) is 14.9. The molecule has 7 heteroatoms. The summed E-state index contributed by atoms with van der Waals surface area (Å²) in [5, 5.41) is 5.46. The molecule has 5 nitrogen and oxygen atoms in total. The van der Waals surface area contributed by atoms with E-state index in [0.717, 1.165) is 4.90 Å². The fourth-order valence-electron chi connectivity index (χ4n) is 1.75. The third-order valence-corrected chi connectivity index (χ3v) is 4.02. The lowest BCUT2D eigenvalue weighted by molar-refractivity contribution is -0.136. The Kier molecular flexibility index (Phi) is 5.03. The zero-order chi connectivity index (χ0) is 14.5. The third-order valence-electron chi connectivity index (χ3n) is 2.76. The van der Waals surface area contributed by atoms with Crippen molar-refractivity contribution in [2.24, 2.45) is 0 Å². The van der Waals surface area contributed by atoms with Crippen LogP contribution in [-0.4, -0.2) is 29.5 Å². The van der Waals surface area contributed by atoms with E-state index in [1.54, 1.807) is 12.1 Å². The molecule has 2 rings (SSSR count). The monoisotopic (exact) mass is 312 g/mol. The SMILES string of the molecule is O=C1CCC(NC(=O)CSc2ccc(Cl)cc2)C(=O)N1. The zero-order valence-electron chi connectivity index (χ0n) is 10.5. The topological polar surface area (TPSA) is 75.3 Å². The summed E-state index contributed by atoms with van der Waals surface area (Å²) >= 11 is 7.13.